The van der Waals surface area contributed by atoms with Crippen LogP contribution >= 0.6 is 11.3 Å². The molecule has 2 unspecified atom stereocenters. The molecule has 2 N–H and O–H groups in total. The van der Waals surface area contributed by atoms with Crippen LogP contribution in [-0.2, 0) is 15.8 Å². The number of amides is 1. The second-order valence-corrected chi connectivity index (χ2v) is 10.2. The Morgan fingerprint density at radius 3 is 2.63 bits per heavy atom. The van der Waals surface area contributed by atoms with E-state index in [2.05, 4.69) is 29.7 Å². The normalized spacial score (nSPS) is 15.3. The van der Waals surface area contributed by atoms with Gasteiger partial charge in [-0.3, -0.25) is 14.5 Å². The molecule has 13 heteroatoms. The van der Waals surface area contributed by atoms with Crippen molar-refractivity contribution in [3.63, 3.8) is 0 Å². The van der Waals surface area contributed by atoms with Gasteiger partial charge in [0.1, 0.15) is 11.0 Å². The number of anilines is 2. The van der Waals surface area contributed by atoms with Gasteiger partial charge in [0, 0.05) is 16.6 Å². The number of nitrogens with one attached hydrogen (secondary N) is 2. The monoisotopic (exact) mass is 525 g/mol. The van der Waals surface area contributed by atoms with Crippen molar-refractivity contribution in [2.75, 3.05) is 16.6 Å². The third kappa shape index (κ3) is 6.98. The van der Waals surface area contributed by atoms with E-state index in [1.165, 1.54) is 17.5 Å². The first kappa shape index (κ1) is 25.0. The van der Waals surface area contributed by atoms with Crippen molar-refractivity contribution in [1.82, 2.24) is 15.0 Å². The number of halogens is 3. The third-order valence-corrected chi connectivity index (χ3v) is 7.44. The molecule has 0 aliphatic heterocycles. The van der Waals surface area contributed by atoms with Crippen LogP contribution in [-0.4, -0.2) is 43.1 Å². The fourth-order valence-corrected chi connectivity index (χ4v) is 5.13. The number of thiazole rings is 1. The molecule has 0 radical (unpaired) electrons. The summed E-state index contributed by atoms with van der Waals surface area (Å²) in [6.07, 6.45) is 0.461. The molecule has 1 aromatic carbocycles. The van der Waals surface area contributed by atoms with Crippen LogP contribution in [0.3, 0.4) is 0 Å². The number of hydrogen-bond acceptors (Lipinski definition) is 7. The van der Waals surface area contributed by atoms with E-state index in [1.54, 1.807) is 29.6 Å². The predicted molar refractivity (Wildman–Crippen MR) is 128 cm³/mol. The quantitative estimate of drug-likeness (QED) is 0.390. The molecule has 35 heavy (non-hydrogen) atoms. The molecule has 0 spiro atoms. The minimum absolute atomic E-state index is 0.177. The number of rotatable bonds is 10. The molecule has 1 saturated carbocycles. The van der Waals surface area contributed by atoms with Crippen molar-refractivity contribution in [2.45, 2.75) is 43.5 Å². The first-order chi connectivity index (χ1) is 16.7. The van der Waals surface area contributed by atoms with Crippen LogP contribution in [0.1, 0.15) is 37.8 Å². The van der Waals surface area contributed by atoms with Crippen molar-refractivity contribution < 1.29 is 26.9 Å². The molecule has 0 saturated heterocycles. The molecule has 2 heterocycles. The fourth-order valence-electron chi connectivity index (χ4n) is 3.14. The molecule has 186 valence electrons. The lowest BCUT2D eigenvalue weighted by Crippen LogP contribution is -2.21. The van der Waals surface area contributed by atoms with Crippen molar-refractivity contribution >= 4 is 39.0 Å². The number of hydrogen-bond donors (Lipinski definition) is 2. The van der Waals surface area contributed by atoms with Crippen LogP contribution in [0.15, 0.2) is 42.0 Å². The maximum atomic E-state index is 12.9. The van der Waals surface area contributed by atoms with E-state index < -0.39 is 29.7 Å². The fraction of sp³-hybridized carbons (Fsp3) is 0.364. The first-order valence-corrected chi connectivity index (χ1v) is 12.9. The van der Waals surface area contributed by atoms with Gasteiger partial charge in [0.2, 0.25) is 11.8 Å². The summed E-state index contributed by atoms with van der Waals surface area (Å²) in [7, 11) is -1.15. The minimum atomic E-state index is -4.47. The number of carbonyl (C=O) groups excluding carboxylic acids is 1. The predicted octanol–water partition coefficient (Wildman–Crippen LogP) is 4.91. The SMILES string of the molecule is CCC(C(=O)Nc1ccc(-c2cncc(OCC(F)(F)F)n2)cc1)c1csc(NS(=O)C2CC2)n1. The van der Waals surface area contributed by atoms with Crippen molar-refractivity contribution in [3.8, 4) is 17.1 Å². The Balaban J connectivity index is 1.38. The number of carbonyl (C=O) groups is 1. The van der Waals surface area contributed by atoms with Crippen molar-refractivity contribution in [1.29, 1.82) is 0 Å². The van der Waals surface area contributed by atoms with Gasteiger partial charge >= 0.3 is 6.18 Å². The van der Waals surface area contributed by atoms with Crippen LogP contribution in [0.2, 0.25) is 0 Å². The average molecular weight is 526 g/mol. The molecule has 0 bridgehead atoms. The summed E-state index contributed by atoms with van der Waals surface area (Å²) >= 11 is 1.32. The highest BCUT2D eigenvalue weighted by atomic mass is 32.2. The average Bonchev–Trinajstić information content (AvgIpc) is 3.59. The first-order valence-electron chi connectivity index (χ1n) is 10.8. The van der Waals surface area contributed by atoms with Crippen molar-refractivity contribution in [2.24, 2.45) is 0 Å². The standard InChI is InChI=1S/C22H22F3N5O3S2/c1-2-16(18-11-34-21(29-18)30-35(32)15-7-8-15)20(31)27-14-5-3-13(4-6-14)17-9-26-10-19(28-17)33-12-22(23,24)25/h3-6,9-11,15-16H,2,7-8,12H2,1H3,(H,27,31)(H,29,30). The third-order valence-electron chi connectivity index (χ3n) is 5.06. The largest absolute Gasteiger partial charge is 0.467 e. The van der Waals surface area contributed by atoms with Crippen LogP contribution in [0.25, 0.3) is 11.3 Å². The summed E-state index contributed by atoms with van der Waals surface area (Å²) in [4.78, 5) is 25.3. The molecular weight excluding hydrogens is 503 g/mol. The zero-order valence-corrected chi connectivity index (χ0v) is 20.2. The van der Waals surface area contributed by atoms with E-state index in [4.69, 9.17) is 0 Å². The lowest BCUT2D eigenvalue weighted by atomic mass is 10.0. The van der Waals surface area contributed by atoms with E-state index in [0.717, 1.165) is 19.0 Å². The van der Waals surface area contributed by atoms with E-state index in [0.29, 0.717) is 34.2 Å². The van der Waals surface area contributed by atoms with Crippen molar-refractivity contribution in [3.05, 3.63) is 47.7 Å². The molecule has 8 nitrogen and oxygen atoms in total. The van der Waals surface area contributed by atoms with Gasteiger partial charge in [-0.05, 0) is 31.4 Å². The number of ether oxygens (including phenoxy) is 1. The van der Waals surface area contributed by atoms with E-state index in [9.17, 15) is 22.2 Å². The summed E-state index contributed by atoms with van der Waals surface area (Å²) in [6, 6.07) is 6.67. The smallest absolute Gasteiger partial charge is 0.422 e. The van der Waals surface area contributed by atoms with Gasteiger partial charge in [-0.25, -0.2) is 14.2 Å². The van der Waals surface area contributed by atoms with Crippen LogP contribution < -0.4 is 14.8 Å². The number of nitrogens with zero attached hydrogens (tertiary/aromatic N) is 3. The lowest BCUT2D eigenvalue weighted by molar-refractivity contribution is -0.154. The number of alkyl halides is 3. The molecule has 1 amide bonds. The van der Waals surface area contributed by atoms with Gasteiger partial charge in [-0.15, -0.1) is 11.3 Å². The Bertz CT molecular complexity index is 1200. The van der Waals surface area contributed by atoms with Gasteiger partial charge in [-0.2, -0.15) is 13.2 Å². The highest BCUT2D eigenvalue weighted by Gasteiger charge is 2.30. The Morgan fingerprint density at radius 2 is 1.97 bits per heavy atom. The van der Waals surface area contributed by atoms with Gasteiger partial charge in [0.15, 0.2) is 11.7 Å². The lowest BCUT2D eigenvalue weighted by Gasteiger charge is -2.13. The zero-order chi connectivity index (χ0) is 25.0. The Kier molecular flexibility index (Phi) is 7.65. The molecule has 1 fully saturated rings. The molecule has 2 aromatic heterocycles. The molecule has 4 rings (SSSR count). The highest BCUT2D eigenvalue weighted by Crippen LogP contribution is 2.30. The topological polar surface area (TPSA) is 106 Å². The summed E-state index contributed by atoms with van der Waals surface area (Å²) < 4.78 is 56.7. The highest BCUT2D eigenvalue weighted by molar-refractivity contribution is 7.87. The summed E-state index contributed by atoms with van der Waals surface area (Å²) in [5, 5.41) is 5.35. The summed E-state index contributed by atoms with van der Waals surface area (Å²) in [6.45, 7) is 0.429. The Labute approximate surface area is 206 Å². The van der Waals surface area contributed by atoms with E-state index >= 15 is 0 Å². The summed E-state index contributed by atoms with van der Waals surface area (Å²) in [5.41, 5.74) is 2.07. The molecule has 3 aromatic rings. The van der Waals surface area contributed by atoms with Gasteiger partial charge in [-0.1, -0.05) is 19.1 Å². The van der Waals surface area contributed by atoms with Gasteiger partial charge in [0.25, 0.3) is 0 Å². The molecule has 1 aliphatic carbocycles. The van der Waals surface area contributed by atoms with Crippen LogP contribution in [0.4, 0.5) is 24.0 Å². The van der Waals surface area contributed by atoms with E-state index in [-0.39, 0.29) is 17.0 Å². The number of benzene rings is 1. The van der Waals surface area contributed by atoms with E-state index in [1.807, 2.05) is 6.92 Å². The van der Waals surface area contributed by atoms with Gasteiger partial charge < -0.3 is 10.1 Å². The Hall–Kier alpha value is -3.06. The second-order valence-electron chi connectivity index (χ2n) is 7.85. The second kappa shape index (κ2) is 10.7. The maximum Gasteiger partial charge on any atom is 0.422 e. The van der Waals surface area contributed by atoms with Crippen LogP contribution in [0, 0.1) is 0 Å². The summed E-state index contributed by atoms with van der Waals surface area (Å²) in [5.74, 6) is -0.951. The van der Waals surface area contributed by atoms with Gasteiger partial charge in [0.05, 0.1) is 34.9 Å². The molecule has 1 aliphatic rings. The number of aromatic nitrogens is 3. The molecular formula is C22H22F3N5O3S2. The van der Waals surface area contributed by atoms with Crippen LogP contribution in [0.5, 0.6) is 5.88 Å². The minimum Gasteiger partial charge on any atom is -0.467 e. The maximum absolute atomic E-state index is 12.9. The molecule has 2 atom stereocenters. The Morgan fingerprint density at radius 1 is 1.23 bits per heavy atom. The zero-order valence-electron chi connectivity index (χ0n) is 18.5.